The lowest BCUT2D eigenvalue weighted by Crippen LogP contribution is -2.45. The van der Waals surface area contributed by atoms with Crippen LogP contribution in [0.2, 0.25) is 0 Å². The minimum absolute atomic E-state index is 0.0373. The molecule has 0 radical (unpaired) electrons. The van der Waals surface area contributed by atoms with Gasteiger partial charge >= 0.3 is 6.03 Å². The van der Waals surface area contributed by atoms with E-state index in [0.29, 0.717) is 5.76 Å². The Hall–Kier alpha value is -2.31. The Morgan fingerprint density at radius 2 is 2.09 bits per heavy atom. The van der Waals surface area contributed by atoms with Gasteiger partial charge in [0.05, 0.1) is 6.26 Å². The average Bonchev–Trinajstić information content (AvgIpc) is 3.03. The van der Waals surface area contributed by atoms with Gasteiger partial charge in [-0.15, -0.1) is 0 Å². The van der Waals surface area contributed by atoms with E-state index >= 15 is 0 Å². The monoisotopic (exact) mass is 307 g/mol. The number of nitrogens with one attached hydrogen (secondary N) is 2. The fourth-order valence-electron chi connectivity index (χ4n) is 2.18. The normalized spacial score (nSPS) is 22.9. The third kappa shape index (κ3) is 2.84. The molecule has 1 aromatic rings. The predicted octanol–water partition coefficient (Wildman–Crippen LogP) is 1.21. The van der Waals surface area contributed by atoms with Crippen LogP contribution < -0.4 is 10.6 Å². The molecule has 0 aromatic carbocycles. The summed E-state index contributed by atoms with van der Waals surface area (Å²) in [6.45, 7) is 7.08. The number of furan rings is 1. The summed E-state index contributed by atoms with van der Waals surface area (Å²) in [7, 11) is 0. The summed E-state index contributed by atoms with van der Waals surface area (Å²) >= 11 is 0. The van der Waals surface area contributed by atoms with Crippen LogP contribution in [0.15, 0.2) is 22.8 Å². The second-order valence-corrected chi connectivity index (χ2v) is 6.02. The largest absolute Gasteiger partial charge is 0.466 e. The number of amides is 4. The molecule has 1 aliphatic heterocycles. The highest BCUT2D eigenvalue weighted by molar-refractivity contribution is 6.08. The fraction of sp³-hybridized carbons (Fsp3) is 0.533. The molecule has 22 heavy (non-hydrogen) atoms. The van der Waals surface area contributed by atoms with Crippen molar-refractivity contribution >= 4 is 17.8 Å². The van der Waals surface area contributed by atoms with Crippen LogP contribution in [-0.4, -0.2) is 35.3 Å². The van der Waals surface area contributed by atoms with E-state index < -0.39 is 17.5 Å². The minimum atomic E-state index is -1.27. The smallest absolute Gasteiger partial charge is 0.325 e. The Kier molecular flexibility index (Phi) is 4.25. The summed E-state index contributed by atoms with van der Waals surface area (Å²) in [5.74, 6) is -0.266. The summed E-state index contributed by atoms with van der Waals surface area (Å²) in [6, 6.07) is 2.61. The summed E-state index contributed by atoms with van der Waals surface area (Å²) in [6.07, 6.45) is 1.43. The molecule has 1 aliphatic rings. The molecule has 0 spiro atoms. The SMILES string of the molecule is CC(C)[C@H](C)NC(=O)CN1C(=O)N[C@@](C)(c2ccco2)C1=O. The summed E-state index contributed by atoms with van der Waals surface area (Å²) in [5, 5.41) is 5.35. The van der Waals surface area contributed by atoms with E-state index in [-0.39, 0.29) is 24.4 Å². The van der Waals surface area contributed by atoms with Crippen LogP contribution >= 0.6 is 0 Å². The molecule has 120 valence electrons. The predicted molar refractivity (Wildman–Crippen MR) is 78.7 cm³/mol. The molecule has 2 heterocycles. The standard InChI is InChI=1S/C15H21N3O4/c1-9(2)10(3)16-12(19)8-18-13(20)15(4,17-14(18)21)11-6-5-7-22-11/h5-7,9-10H,8H2,1-4H3,(H,16,19)(H,17,21)/t10-,15-/m0/s1. The zero-order valence-electron chi connectivity index (χ0n) is 13.2. The Labute approximate surface area is 129 Å². The molecule has 2 N–H and O–H groups in total. The van der Waals surface area contributed by atoms with Gasteiger partial charge in [0.15, 0.2) is 5.54 Å². The second-order valence-electron chi connectivity index (χ2n) is 6.02. The van der Waals surface area contributed by atoms with Crippen molar-refractivity contribution in [1.82, 2.24) is 15.5 Å². The van der Waals surface area contributed by atoms with Crippen molar-refractivity contribution in [3.8, 4) is 0 Å². The molecule has 7 nitrogen and oxygen atoms in total. The molecule has 7 heteroatoms. The zero-order chi connectivity index (χ0) is 16.5. The summed E-state index contributed by atoms with van der Waals surface area (Å²) in [4.78, 5) is 37.4. The van der Waals surface area contributed by atoms with E-state index in [9.17, 15) is 14.4 Å². The molecule has 0 aliphatic carbocycles. The van der Waals surface area contributed by atoms with E-state index in [1.165, 1.54) is 6.26 Å². The van der Waals surface area contributed by atoms with Crippen molar-refractivity contribution in [3.05, 3.63) is 24.2 Å². The Morgan fingerprint density at radius 3 is 2.64 bits per heavy atom. The van der Waals surface area contributed by atoms with E-state index in [4.69, 9.17) is 4.42 Å². The molecule has 4 amide bonds. The van der Waals surface area contributed by atoms with Crippen LogP contribution in [0, 0.1) is 5.92 Å². The Balaban J connectivity index is 2.08. The lowest BCUT2D eigenvalue weighted by atomic mass is 9.99. The van der Waals surface area contributed by atoms with Gasteiger partial charge in [-0.05, 0) is 31.9 Å². The van der Waals surface area contributed by atoms with Gasteiger partial charge in [0.2, 0.25) is 5.91 Å². The van der Waals surface area contributed by atoms with Gasteiger partial charge in [0, 0.05) is 6.04 Å². The van der Waals surface area contributed by atoms with Crippen molar-refractivity contribution in [3.63, 3.8) is 0 Å². The first kappa shape index (κ1) is 16.1. The van der Waals surface area contributed by atoms with Crippen molar-refractivity contribution in [1.29, 1.82) is 0 Å². The highest BCUT2D eigenvalue weighted by atomic mass is 16.3. The number of carbonyl (C=O) groups is 3. The number of urea groups is 1. The maximum Gasteiger partial charge on any atom is 0.325 e. The van der Waals surface area contributed by atoms with E-state index in [1.807, 2.05) is 20.8 Å². The van der Waals surface area contributed by atoms with E-state index in [2.05, 4.69) is 10.6 Å². The summed E-state index contributed by atoms with van der Waals surface area (Å²) in [5.41, 5.74) is -1.27. The van der Waals surface area contributed by atoms with Crippen LogP contribution in [0.3, 0.4) is 0 Å². The lowest BCUT2D eigenvalue weighted by molar-refractivity contribution is -0.135. The number of hydrogen-bond acceptors (Lipinski definition) is 4. The first-order valence-electron chi connectivity index (χ1n) is 7.23. The third-order valence-electron chi connectivity index (χ3n) is 3.98. The number of carbonyl (C=O) groups excluding carboxylic acids is 3. The van der Waals surface area contributed by atoms with Gasteiger partial charge in [-0.25, -0.2) is 4.79 Å². The molecule has 0 saturated carbocycles. The fourth-order valence-corrected chi connectivity index (χ4v) is 2.18. The summed E-state index contributed by atoms with van der Waals surface area (Å²) < 4.78 is 5.23. The Morgan fingerprint density at radius 1 is 1.41 bits per heavy atom. The molecule has 1 aromatic heterocycles. The minimum Gasteiger partial charge on any atom is -0.466 e. The average molecular weight is 307 g/mol. The molecule has 1 saturated heterocycles. The first-order chi connectivity index (χ1) is 10.3. The molecule has 1 fully saturated rings. The van der Waals surface area contributed by atoms with Gasteiger partial charge in [-0.1, -0.05) is 13.8 Å². The maximum absolute atomic E-state index is 12.5. The van der Waals surface area contributed by atoms with E-state index in [1.54, 1.807) is 19.1 Å². The lowest BCUT2D eigenvalue weighted by Gasteiger charge is -2.21. The maximum atomic E-state index is 12.5. The highest BCUT2D eigenvalue weighted by Gasteiger charge is 2.51. The molecule has 0 unspecified atom stereocenters. The van der Waals surface area contributed by atoms with Gasteiger partial charge < -0.3 is 15.1 Å². The number of nitrogens with zero attached hydrogens (tertiary/aromatic N) is 1. The van der Waals surface area contributed by atoms with Crippen molar-refractivity contribution in [2.75, 3.05) is 6.54 Å². The van der Waals surface area contributed by atoms with Gasteiger partial charge in [0.1, 0.15) is 12.3 Å². The Bertz CT molecular complexity index is 582. The van der Waals surface area contributed by atoms with Crippen LogP contribution in [0.4, 0.5) is 4.79 Å². The van der Waals surface area contributed by atoms with Crippen molar-refractivity contribution < 1.29 is 18.8 Å². The van der Waals surface area contributed by atoms with Crippen molar-refractivity contribution in [2.24, 2.45) is 5.92 Å². The van der Waals surface area contributed by atoms with Crippen LogP contribution in [0.1, 0.15) is 33.5 Å². The molecule has 2 atom stereocenters. The second kappa shape index (κ2) is 5.82. The topological polar surface area (TPSA) is 91.7 Å². The molecule has 2 rings (SSSR count). The third-order valence-corrected chi connectivity index (χ3v) is 3.98. The van der Waals surface area contributed by atoms with Gasteiger partial charge in [-0.3, -0.25) is 14.5 Å². The first-order valence-corrected chi connectivity index (χ1v) is 7.23. The van der Waals surface area contributed by atoms with Gasteiger partial charge in [0.25, 0.3) is 5.91 Å². The van der Waals surface area contributed by atoms with Crippen LogP contribution in [0.5, 0.6) is 0 Å². The number of imide groups is 1. The number of rotatable bonds is 5. The zero-order valence-corrected chi connectivity index (χ0v) is 13.2. The van der Waals surface area contributed by atoms with E-state index in [0.717, 1.165) is 4.90 Å². The molecular weight excluding hydrogens is 286 g/mol. The van der Waals surface area contributed by atoms with Crippen LogP contribution in [-0.2, 0) is 15.1 Å². The number of hydrogen-bond donors (Lipinski definition) is 2. The highest BCUT2D eigenvalue weighted by Crippen LogP contribution is 2.28. The van der Waals surface area contributed by atoms with Crippen LogP contribution in [0.25, 0.3) is 0 Å². The quantitative estimate of drug-likeness (QED) is 0.800. The molecule has 0 bridgehead atoms. The molecular formula is C15H21N3O4. The van der Waals surface area contributed by atoms with Gasteiger partial charge in [-0.2, -0.15) is 0 Å². The van der Waals surface area contributed by atoms with Crippen molar-refractivity contribution in [2.45, 2.75) is 39.3 Å².